The molecule has 512 valence electrons. The minimum atomic E-state index is -4.62. The topological polar surface area (TPSA) is 108 Å². The number of allylic oxidation sites excluding steroid dienone is 15. The molecule has 3 unspecified atom stereocenters. The zero-order valence-corrected chi connectivity index (χ0v) is 59.6. The van der Waals surface area contributed by atoms with Crippen LogP contribution in [-0.4, -0.2) is 68.5 Å². The largest absolute Gasteiger partial charge is 0.756 e. The predicted octanol–water partition coefficient (Wildman–Crippen LogP) is 23.8. The Morgan fingerprint density at radius 2 is 0.705 bits per heavy atom. The van der Waals surface area contributed by atoms with E-state index in [0.29, 0.717) is 17.4 Å². The molecule has 0 saturated carbocycles. The lowest BCUT2D eigenvalue weighted by Gasteiger charge is -2.29. The first-order valence-electron chi connectivity index (χ1n) is 37.6. The first kappa shape index (κ1) is 85.4. The van der Waals surface area contributed by atoms with E-state index in [1.165, 1.54) is 250 Å². The van der Waals surface area contributed by atoms with Gasteiger partial charge in [-0.1, -0.05) is 349 Å². The third-order valence-corrected chi connectivity index (χ3v) is 17.7. The third-order valence-electron chi connectivity index (χ3n) is 16.8. The summed E-state index contributed by atoms with van der Waals surface area (Å²) >= 11 is 0. The van der Waals surface area contributed by atoms with Gasteiger partial charge in [-0.15, -0.1) is 0 Å². The number of hydrogen-bond donors (Lipinski definition) is 2. The maximum atomic E-state index is 13.1. The molecule has 0 aromatic heterocycles. The highest BCUT2D eigenvalue weighted by Crippen LogP contribution is 2.38. The van der Waals surface area contributed by atoms with Crippen LogP contribution in [0.2, 0.25) is 0 Å². The second-order valence-electron chi connectivity index (χ2n) is 26.6. The van der Waals surface area contributed by atoms with Gasteiger partial charge in [-0.25, -0.2) is 0 Å². The van der Waals surface area contributed by atoms with Gasteiger partial charge >= 0.3 is 0 Å². The van der Waals surface area contributed by atoms with E-state index in [2.05, 4.69) is 104 Å². The van der Waals surface area contributed by atoms with Crippen LogP contribution in [0.4, 0.5) is 0 Å². The number of aliphatic hydroxyl groups excluding tert-OH is 1. The quantitative estimate of drug-likeness (QED) is 0.0272. The van der Waals surface area contributed by atoms with E-state index >= 15 is 0 Å². The van der Waals surface area contributed by atoms with E-state index in [9.17, 15) is 19.4 Å². The summed E-state index contributed by atoms with van der Waals surface area (Å²) in [6, 6.07) is -0.914. The van der Waals surface area contributed by atoms with Gasteiger partial charge < -0.3 is 28.8 Å². The second kappa shape index (κ2) is 68.8. The lowest BCUT2D eigenvalue weighted by atomic mass is 10.0. The fraction of sp³-hybridized carbons (Fsp3) is 0.785. The fourth-order valence-corrected chi connectivity index (χ4v) is 11.7. The molecule has 88 heavy (non-hydrogen) atoms. The van der Waals surface area contributed by atoms with Crippen LogP contribution >= 0.6 is 7.82 Å². The van der Waals surface area contributed by atoms with Crippen molar-refractivity contribution in [2.75, 3.05) is 40.9 Å². The van der Waals surface area contributed by atoms with E-state index in [-0.39, 0.29) is 12.5 Å². The highest BCUT2D eigenvalue weighted by Gasteiger charge is 2.23. The number of nitrogens with zero attached hydrogens (tertiary/aromatic N) is 1. The molecule has 2 N–H and O–H groups in total. The molecular weight excluding hydrogens is 1100 g/mol. The normalized spacial score (nSPS) is 14.1. The Labute approximate surface area is 547 Å². The molecule has 0 rings (SSSR count). The van der Waals surface area contributed by atoms with E-state index in [1.807, 2.05) is 27.2 Å². The predicted molar refractivity (Wildman–Crippen MR) is 385 cm³/mol. The molecule has 0 fully saturated rings. The maximum absolute atomic E-state index is 13.1. The Morgan fingerprint density at radius 1 is 0.409 bits per heavy atom. The molecule has 9 heteroatoms. The van der Waals surface area contributed by atoms with Crippen LogP contribution in [0.25, 0.3) is 0 Å². The molecule has 0 bridgehead atoms. The van der Waals surface area contributed by atoms with Crippen LogP contribution in [-0.2, 0) is 18.4 Å². The minimum Gasteiger partial charge on any atom is -0.756 e. The van der Waals surface area contributed by atoms with E-state index in [0.717, 1.165) is 77.0 Å². The molecule has 0 spiro atoms. The highest BCUT2D eigenvalue weighted by atomic mass is 31.2. The summed E-state index contributed by atoms with van der Waals surface area (Å²) in [5.74, 6) is -0.207. The number of aliphatic hydroxyl groups is 1. The number of rotatable bonds is 69. The molecule has 0 aliphatic rings. The lowest BCUT2D eigenvalue weighted by molar-refractivity contribution is -0.870. The van der Waals surface area contributed by atoms with Crippen LogP contribution in [0.3, 0.4) is 0 Å². The number of likely N-dealkylation sites (N-methyl/N-ethyl adjacent to an activating group) is 1. The molecule has 0 aliphatic carbocycles. The van der Waals surface area contributed by atoms with Gasteiger partial charge in [0, 0.05) is 6.42 Å². The van der Waals surface area contributed by atoms with E-state index in [4.69, 9.17) is 9.05 Å². The van der Waals surface area contributed by atoms with Gasteiger partial charge in [0.25, 0.3) is 7.82 Å². The summed E-state index contributed by atoms with van der Waals surface area (Å²) < 4.78 is 23.5. The average molecular weight is 1250 g/mol. The summed E-state index contributed by atoms with van der Waals surface area (Å²) in [7, 11) is 1.24. The van der Waals surface area contributed by atoms with E-state index < -0.39 is 26.6 Å². The third kappa shape index (κ3) is 70.9. The Hall–Kier alpha value is -2.58. The number of amides is 1. The zero-order chi connectivity index (χ0) is 64.1. The smallest absolute Gasteiger partial charge is 0.268 e. The molecule has 0 heterocycles. The Balaban J connectivity index is 4.03. The van der Waals surface area contributed by atoms with Crippen LogP contribution in [0.15, 0.2) is 97.2 Å². The van der Waals surface area contributed by atoms with Crippen molar-refractivity contribution in [2.24, 2.45) is 0 Å². The second-order valence-corrected chi connectivity index (χ2v) is 28.0. The summed E-state index contributed by atoms with van der Waals surface area (Å²) in [5.41, 5.74) is 0. The number of quaternary nitrogens is 1. The Kier molecular flexibility index (Phi) is 66.8. The van der Waals surface area contributed by atoms with Gasteiger partial charge in [-0.3, -0.25) is 9.36 Å². The number of carbonyl (C=O) groups is 1. The van der Waals surface area contributed by atoms with Gasteiger partial charge in [0.2, 0.25) is 5.91 Å². The standard InChI is InChI=1S/C79H145N2O6P/c1-6-8-10-12-14-16-18-20-22-24-26-28-30-32-34-35-36-37-38-39-40-41-42-43-44-45-47-49-51-53-55-57-59-61-63-65-67-69-71-73-79(83)80-77(76-87-88(84,85)86-75-74-81(3,4)5)78(82)72-70-68-66-64-62-60-58-56-54-52-50-48-46-33-31-29-27-25-23-21-19-17-15-13-11-9-7-2/h8,10,14,16,20,22,26,28,32,34,54,56,62,64,70,72,77-78,82H,6-7,9,11-13,15,17-19,21,23-25,27,29-31,33,35-53,55,57-61,63,65-69,71,73-76H2,1-5H3,(H-,80,83,84,85)/b10-8-,16-14-,22-20-,28-26-,34-32-,56-54+,64-62+,72-70+. The first-order chi connectivity index (χ1) is 43.0. The SMILES string of the molecule is CC/C=C\C/C=C\C/C=C\C/C=C\C/C=C\CCCCCCCCCCCCCCCCCCCCCCCCCC(=O)NC(COP(=O)([O-])OCC[N+](C)(C)C)C(O)/C=C/CC/C=C/CC/C=C/CCCCCCCCCCCCCCCCCCC. The van der Waals surface area contributed by atoms with Crippen LogP contribution < -0.4 is 10.2 Å². The zero-order valence-electron chi connectivity index (χ0n) is 58.7. The van der Waals surface area contributed by atoms with Gasteiger partial charge in [-0.05, 0) is 89.9 Å². The van der Waals surface area contributed by atoms with Crippen molar-refractivity contribution in [3.05, 3.63) is 97.2 Å². The minimum absolute atomic E-state index is 0.0101. The van der Waals surface area contributed by atoms with Crippen molar-refractivity contribution >= 4 is 13.7 Å². The summed E-state index contributed by atoms with van der Waals surface area (Å²) in [4.78, 5) is 25.7. The number of carbonyl (C=O) groups excluding carboxylic acids is 1. The Morgan fingerprint density at radius 3 is 1.06 bits per heavy atom. The molecule has 1 amide bonds. The summed E-state index contributed by atoms with van der Waals surface area (Å²) in [5, 5.41) is 14.0. The molecular formula is C79H145N2O6P. The number of phosphoric ester groups is 1. The van der Waals surface area contributed by atoms with Crippen molar-refractivity contribution in [2.45, 2.75) is 360 Å². The number of unbranched alkanes of at least 4 members (excludes halogenated alkanes) is 42. The molecule has 0 aromatic rings. The van der Waals surface area contributed by atoms with Gasteiger partial charge in [0.15, 0.2) is 0 Å². The number of phosphoric acid groups is 1. The summed E-state index contributed by atoms with van der Waals surface area (Å²) in [6.07, 6.45) is 99.9. The van der Waals surface area contributed by atoms with Crippen LogP contribution in [0.1, 0.15) is 348 Å². The van der Waals surface area contributed by atoms with Crippen molar-refractivity contribution in [3.8, 4) is 0 Å². The molecule has 0 radical (unpaired) electrons. The van der Waals surface area contributed by atoms with E-state index in [1.54, 1.807) is 6.08 Å². The monoisotopic (exact) mass is 1250 g/mol. The lowest BCUT2D eigenvalue weighted by Crippen LogP contribution is -2.45. The van der Waals surface area contributed by atoms with Crippen molar-refractivity contribution in [3.63, 3.8) is 0 Å². The molecule has 3 atom stereocenters. The van der Waals surface area contributed by atoms with Crippen molar-refractivity contribution in [1.82, 2.24) is 5.32 Å². The number of nitrogens with one attached hydrogen (secondary N) is 1. The molecule has 0 aliphatic heterocycles. The van der Waals surface area contributed by atoms with Crippen molar-refractivity contribution < 1.29 is 32.9 Å². The maximum Gasteiger partial charge on any atom is 0.268 e. The Bertz CT molecular complexity index is 1760. The van der Waals surface area contributed by atoms with Crippen LogP contribution in [0.5, 0.6) is 0 Å². The molecule has 0 aromatic carbocycles. The highest BCUT2D eigenvalue weighted by molar-refractivity contribution is 7.45. The first-order valence-corrected chi connectivity index (χ1v) is 39.1. The molecule has 0 saturated heterocycles. The summed E-state index contributed by atoms with van der Waals surface area (Å²) in [6.45, 7) is 4.55. The average Bonchev–Trinajstić information content (AvgIpc) is 3.70. The van der Waals surface area contributed by atoms with Crippen LogP contribution in [0, 0.1) is 0 Å². The van der Waals surface area contributed by atoms with Gasteiger partial charge in [0.05, 0.1) is 39.9 Å². The van der Waals surface area contributed by atoms with Crippen molar-refractivity contribution in [1.29, 1.82) is 0 Å². The van der Waals surface area contributed by atoms with Gasteiger partial charge in [0.1, 0.15) is 13.2 Å². The number of hydrogen-bond acceptors (Lipinski definition) is 6. The van der Waals surface area contributed by atoms with Gasteiger partial charge in [-0.2, -0.15) is 0 Å². The molecule has 8 nitrogen and oxygen atoms in total. The fourth-order valence-electron chi connectivity index (χ4n) is 11.0.